The first kappa shape index (κ1) is 12.0. The summed E-state index contributed by atoms with van der Waals surface area (Å²) in [6, 6.07) is 1.86. The van der Waals surface area contributed by atoms with E-state index in [9.17, 15) is 4.79 Å². The van der Waals surface area contributed by atoms with Crippen LogP contribution in [0.5, 0.6) is 0 Å². The summed E-state index contributed by atoms with van der Waals surface area (Å²) in [6.45, 7) is 0.667. The maximum Gasteiger partial charge on any atom is 0.234 e. The standard InChI is InChI=1S/C11H19N3O/c1-14(2)11(6-3-4-7-11)9-13-10(15)5-8-12/h3-7,9H2,1-2H3,(H,13,15). The molecule has 0 aromatic rings. The molecular weight excluding hydrogens is 190 g/mol. The van der Waals surface area contributed by atoms with Gasteiger partial charge in [-0.15, -0.1) is 0 Å². The maximum atomic E-state index is 11.2. The van der Waals surface area contributed by atoms with Crippen LogP contribution < -0.4 is 5.32 Å². The molecule has 0 bridgehead atoms. The molecule has 0 heterocycles. The van der Waals surface area contributed by atoms with Crippen molar-refractivity contribution in [1.82, 2.24) is 10.2 Å². The van der Waals surface area contributed by atoms with Crippen molar-refractivity contribution >= 4 is 5.91 Å². The third-order valence-electron chi connectivity index (χ3n) is 3.34. The Morgan fingerprint density at radius 3 is 2.53 bits per heavy atom. The predicted molar refractivity (Wildman–Crippen MR) is 58.1 cm³/mol. The van der Waals surface area contributed by atoms with Gasteiger partial charge in [-0.05, 0) is 26.9 Å². The van der Waals surface area contributed by atoms with E-state index in [1.54, 1.807) is 0 Å². The average molecular weight is 209 g/mol. The van der Waals surface area contributed by atoms with Crippen LogP contribution in [0.2, 0.25) is 0 Å². The lowest BCUT2D eigenvalue weighted by Gasteiger charge is -2.36. The molecule has 1 fully saturated rings. The normalized spacial score (nSPS) is 18.8. The van der Waals surface area contributed by atoms with Gasteiger partial charge in [0.2, 0.25) is 5.91 Å². The first-order valence-electron chi connectivity index (χ1n) is 5.42. The zero-order valence-corrected chi connectivity index (χ0v) is 9.55. The minimum absolute atomic E-state index is 0.0382. The van der Waals surface area contributed by atoms with E-state index in [4.69, 9.17) is 5.26 Å². The Morgan fingerprint density at radius 1 is 1.47 bits per heavy atom. The number of carbonyl (C=O) groups is 1. The van der Waals surface area contributed by atoms with E-state index in [0.29, 0.717) is 6.54 Å². The first-order valence-corrected chi connectivity index (χ1v) is 5.42. The number of nitrogens with zero attached hydrogens (tertiary/aromatic N) is 2. The Kier molecular flexibility index (Phi) is 4.10. The van der Waals surface area contributed by atoms with Gasteiger partial charge in [-0.1, -0.05) is 12.8 Å². The summed E-state index contributed by atoms with van der Waals surface area (Å²) in [5.41, 5.74) is 0.116. The highest BCUT2D eigenvalue weighted by Gasteiger charge is 2.35. The van der Waals surface area contributed by atoms with Crippen LogP contribution in [0.15, 0.2) is 0 Å². The van der Waals surface area contributed by atoms with Gasteiger partial charge >= 0.3 is 0 Å². The van der Waals surface area contributed by atoms with Gasteiger partial charge < -0.3 is 10.2 Å². The number of amides is 1. The second-order valence-electron chi connectivity index (χ2n) is 4.44. The van der Waals surface area contributed by atoms with Crippen molar-refractivity contribution in [2.75, 3.05) is 20.6 Å². The van der Waals surface area contributed by atoms with Crippen molar-refractivity contribution in [2.24, 2.45) is 0 Å². The smallest absolute Gasteiger partial charge is 0.234 e. The Labute approximate surface area is 91.2 Å². The summed E-state index contributed by atoms with van der Waals surface area (Å²) in [5, 5.41) is 11.2. The van der Waals surface area contributed by atoms with Gasteiger partial charge in [-0.2, -0.15) is 5.26 Å². The second kappa shape index (κ2) is 5.13. The van der Waals surface area contributed by atoms with Crippen LogP contribution in [-0.4, -0.2) is 37.0 Å². The Hall–Kier alpha value is -1.08. The molecular formula is C11H19N3O. The van der Waals surface area contributed by atoms with Gasteiger partial charge in [0.15, 0.2) is 0 Å². The van der Waals surface area contributed by atoms with Gasteiger partial charge in [-0.25, -0.2) is 0 Å². The molecule has 15 heavy (non-hydrogen) atoms. The highest BCUT2D eigenvalue weighted by Crippen LogP contribution is 2.32. The second-order valence-corrected chi connectivity index (χ2v) is 4.44. The van der Waals surface area contributed by atoms with Gasteiger partial charge in [0.25, 0.3) is 0 Å². The monoisotopic (exact) mass is 209 g/mol. The van der Waals surface area contributed by atoms with Crippen molar-refractivity contribution in [3.63, 3.8) is 0 Å². The van der Waals surface area contributed by atoms with E-state index in [0.717, 1.165) is 12.8 Å². The summed E-state index contributed by atoms with van der Waals surface area (Å²) in [6.07, 6.45) is 4.68. The predicted octanol–water partition coefficient (Wildman–Crippen LogP) is 0.891. The molecule has 4 nitrogen and oxygen atoms in total. The number of nitriles is 1. The summed E-state index contributed by atoms with van der Waals surface area (Å²) >= 11 is 0. The van der Waals surface area contributed by atoms with Crippen molar-refractivity contribution in [2.45, 2.75) is 37.6 Å². The van der Waals surface area contributed by atoms with Crippen molar-refractivity contribution in [3.05, 3.63) is 0 Å². The molecule has 1 N–H and O–H groups in total. The summed E-state index contributed by atoms with van der Waals surface area (Å²) < 4.78 is 0. The average Bonchev–Trinajstić information content (AvgIpc) is 2.65. The fourth-order valence-electron chi connectivity index (χ4n) is 2.21. The third kappa shape index (κ3) is 2.93. The number of likely N-dealkylation sites (N-methyl/N-ethyl adjacent to an activating group) is 1. The molecule has 0 unspecified atom stereocenters. The van der Waals surface area contributed by atoms with Crippen LogP contribution in [-0.2, 0) is 4.79 Å². The number of carbonyl (C=O) groups excluding carboxylic acids is 1. The molecule has 1 aliphatic rings. The van der Waals surface area contributed by atoms with Gasteiger partial charge in [-0.3, -0.25) is 4.79 Å². The van der Waals surface area contributed by atoms with E-state index in [-0.39, 0.29) is 17.9 Å². The maximum absolute atomic E-state index is 11.2. The lowest BCUT2D eigenvalue weighted by Crippen LogP contribution is -2.50. The number of rotatable bonds is 4. The molecule has 0 aromatic heterocycles. The quantitative estimate of drug-likeness (QED) is 0.748. The first-order chi connectivity index (χ1) is 7.10. The molecule has 0 saturated heterocycles. The van der Waals surface area contributed by atoms with Gasteiger partial charge in [0.05, 0.1) is 6.07 Å². The molecule has 1 rings (SSSR count). The summed E-state index contributed by atoms with van der Waals surface area (Å²) in [5.74, 6) is -0.161. The van der Waals surface area contributed by atoms with E-state index < -0.39 is 0 Å². The highest BCUT2D eigenvalue weighted by molar-refractivity contribution is 5.78. The van der Waals surface area contributed by atoms with Crippen molar-refractivity contribution in [3.8, 4) is 6.07 Å². The number of hydrogen-bond donors (Lipinski definition) is 1. The molecule has 0 spiro atoms. The van der Waals surface area contributed by atoms with Crippen LogP contribution in [0.25, 0.3) is 0 Å². The lowest BCUT2D eigenvalue weighted by atomic mass is 9.96. The Morgan fingerprint density at radius 2 is 2.07 bits per heavy atom. The largest absolute Gasteiger partial charge is 0.353 e. The topological polar surface area (TPSA) is 56.1 Å². The zero-order chi connectivity index (χ0) is 11.3. The molecule has 4 heteroatoms. The van der Waals surface area contributed by atoms with E-state index in [1.165, 1.54) is 12.8 Å². The van der Waals surface area contributed by atoms with Crippen LogP contribution in [0.3, 0.4) is 0 Å². The molecule has 1 amide bonds. The molecule has 1 saturated carbocycles. The lowest BCUT2D eigenvalue weighted by molar-refractivity contribution is -0.120. The van der Waals surface area contributed by atoms with Crippen LogP contribution in [0, 0.1) is 11.3 Å². The van der Waals surface area contributed by atoms with E-state index >= 15 is 0 Å². The third-order valence-corrected chi connectivity index (χ3v) is 3.34. The van der Waals surface area contributed by atoms with E-state index in [1.807, 2.05) is 6.07 Å². The van der Waals surface area contributed by atoms with Crippen LogP contribution >= 0.6 is 0 Å². The SMILES string of the molecule is CN(C)C1(CNC(=O)CC#N)CCCC1. The number of nitrogens with one attached hydrogen (secondary N) is 1. The van der Waals surface area contributed by atoms with Crippen molar-refractivity contribution < 1.29 is 4.79 Å². The molecule has 0 atom stereocenters. The van der Waals surface area contributed by atoms with Crippen LogP contribution in [0.1, 0.15) is 32.1 Å². The van der Waals surface area contributed by atoms with Crippen molar-refractivity contribution in [1.29, 1.82) is 5.26 Å². The molecule has 0 aromatic carbocycles. The highest BCUT2D eigenvalue weighted by atomic mass is 16.1. The fourth-order valence-corrected chi connectivity index (χ4v) is 2.21. The summed E-state index contributed by atoms with van der Waals surface area (Å²) in [4.78, 5) is 13.4. The molecule has 1 aliphatic carbocycles. The van der Waals surface area contributed by atoms with Crippen LogP contribution in [0.4, 0.5) is 0 Å². The Bertz CT molecular complexity index is 261. The Balaban J connectivity index is 2.46. The summed E-state index contributed by atoms with van der Waals surface area (Å²) in [7, 11) is 4.11. The molecule has 84 valence electrons. The van der Waals surface area contributed by atoms with E-state index in [2.05, 4.69) is 24.3 Å². The zero-order valence-electron chi connectivity index (χ0n) is 9.55. The molecule has 0 radical (unpaired) electrons. The minimum Gasteiger partial charge on any atom is -0.353 e. The fraction of sp³-hybridized carbons (Fsp3) is 0.818. The molecule has 0 aliphatic heterocycles. The van der Waals surface area contributed by atoms with Gasteiger partial charge in [0.1, 0.15) is 6.42 Å². The number of hydrogen-bond acceptors (Lipinski definition) is 3. The minimum atomic E-state index is -0.161. The van der Waals surface area contributed by atoms with Gasteiger partial charge in [0, 0.05) is 12.1 Å².